The number of hydroxylamine groups is 1. The third kappa shape index (κ3) is 4.86. The molecule has 0 bridgehead atoms. The molecule has 100 valence electrons. The lowest BCUT2D eigenvalue weighted by atomic mass is 10.2. The van der Waals surface area contributed by atoms with Crippen LogP contribution in [0.3, 0.4) is 0 Å². The number of nitrogens with one attached hydrogen (secondary N) is 1. The number of nitro groups is 1. The fourth-order valence-corrected chi connectivity index (χ4v) is 1.26. The normalized spacial score (nSPS) is 11.6. The van der Waals surface area contributed by atoms with Crippen molar-refractivity contribution in [3.63, 3.8) is 0 Å². The van der Waals surface area contributed by atoms with Gasteiger partial charge < -0.3 is 0 Å². The van der Waals surface area contributed by atoms with Gasteiger partial charge in [-0.05, 0) is 11.6 Å². The molecule has 0 spiro atoms. The van der Waals surface area contributed by atoms with Gasteiger partial charge in [-0.1, -0.05) is 11.6 Å². The largest absolute Gasteiger partial charge is 0.413 e. The van der Waals surface area contributed by atoms with Crippen LogP contribution in [0.25, 0.3) is 0 Å². The number of rotatable bonds is 5. The van der Waals surface area contributed by atoms with Gasteiger partial charge in [0.1, 0.15) is 0 Å². The molecule has 0 unspecified atom stereocenters. The molecular weight excluding hydrogens is 277 g/mol. The quantitative estimate of drug-likeness (QED) is 0.513. The molecule has 0 aromatic heterocycles. The Labute approximate surface area is 105 Å². The lowest BCUT2D eigenvalue weighted by Crippen LogP contribution is -2.24. The molecule has 1 N–H and O–H groups in total. The van der Waals surface area contributed by atoms with E-state index in [0.29, 0.717) is 0 Å². The summed E-state index contributed by atoms with van der Waals surface area (Å²) in [5.41, 5.74) is 2.11. The maximum Gasteiger partial charge on any atom is 0.413 e. The van der Waals surface area contributed by atoms with Crippen molar-refractivity contribution in [3.8, 4) is 0 Å². The van der Waals surface area contributed by atoms with Gasteiger partial charge in [0.15, 0.2) is 6.61 Å². The van der Waals surface area contributed by atoms with Gasteiger partial charge in [0, 0.05) is 23.7 Å². The number of hydrogen-bond acceptors (Lipinski definition) is 4. The highest BCUT2D eigenvalue weighted by Crippen LogP contribution is 2.22. The monoisotopic (exact) mass is 284 g/mol. The molecule has 0 fully saturated rings. The van der Waals surface area contributed by atoms with Crippen LogP contribution in [-0.2, 0) is 11.4 Å². The summed E-state index contributed by atoms with van der Waals surface area (Å²) in [6.45, 7) is -1.63. The molecular formula is C9H8ClF3N2O3. The summed E-state index contributed by atoms with van der Waals surface area (Å²) >= 11 is 5.73. The van der Waals surface area contributed by atoms with E-state index in [1.807, 2.05) is 5.48 Å². The Morgan fingerprint density at radius 2 is 2.11 bits per heavy atom. The summed E-state index contributed by atoms with van der Waals surface area (Å²) in [7, 11) is 0. The van der Waals surface area contributed by atoms with Gasteiger partial charge in [-0.2, -0.15) is 18.7 Å². The van der Waals surface area contributed by atoms with Crippen LogP contribution >= 0.6 is 11.6 Å². The van der Waals surface area contributed by atoms with Crippen LogP contribution in [0.5, 0.6) is 0 Å². The lowest BCUT2D eigenvalue weighted by molar-refractivity contribution is -0.384. The minimum Gasteiger partial charge on any atom is -0.292 e. The van der Waals surface area contributed by atoms with Gasteiger partial charge in [0.05, 0.1) is 4.92 Å². The lowest BCUT2D eigenvalue weighted by Gasteiger charge is -2.09. The van der Waals surface area contributed by atoms with E-state index >= 15 is 0 Å². The second-order valence-corrected chi connectivity index (χ2v) is 3.66. The minimum absolute atomic E-state index is 0.170. The Hall–Kier alpha value is -1.38. The van der Waals surface area contributed by atoms with Crippen LogP contribution in [-0.4, -0.2) is 17.7 Å². The molecule has 0 radical (unpaired) electrons. The molecule has 0 aliphatic heterocycles. The van der Waals surface area contributed by atoms with E-state index in [9.17, 15) is 23.3 Å². The summed E-state index contributed by atoms with van der Waals surface area (Å²) < 4.78 is 35.3. The van der Waals surface area contributed by atoms with E-state index in [0.717, 1.165) is 6.07 Å². The first-order chi connectivity index (χ1) is 8.29. The van der Waals surface area contributed by atoms with Crippen molar-refractivity contribution < 1.29 is 22.9 Å². The number of benzene rings is 1. The third-order valence-corrected chi connectivity index (χ3v) is 2.21. The van der Waals surface area contributed by atoms with Crippen molar-refractivity contribution in [1.82, 2.24) is 5.48 Å². The van der Waals surface area contributed by atoms with Crippen LogP contribution in [0.15, 0.2) is 18.2 Å². The second-order valence-electron chi connectivity index (χ2n) is 3.26. The van der Waals surface area contributed by atoms with Gasteiger partial charge in [-0.15, -0.1) is 0 Å². The molecule has 0 aliphatic rings. The predicted molar refractivity (Wildman–Crippen MR) is 57.0 cm³/mol. The van der Waals surface area contributed by atoms with Crippen LogP contribution in [0.2, 0.25) is 5.02 Å². The number of alkyl halides is 3. The molecule has 0 atom stereocenters. The van der Waals surface area contributed by atoms with E-state index in [2.05, 4.69) is 4.84 Å². The molecule has 5 nitrogen and oxygen atoms in total. The Bertz CT molecular complexity index is 440. The van der Waals surface area contributed by atoms with Crippen molar-refractivity contribution in [2.75, 3.05) is 6.61 Å². The fourth-order valence-electron chi connectivity index (χ4n) is 1.07. The van der Waals surface area contributed by atoms with E-state index in [4.69, 9.17) is 11.6 Å². The zero-order valence-electron chi connectivity index (χ0n) is 8.83. The van der Waals surface area contributed by atoms with Crippen molar-refractivity contribution >= 4 is 17.3 Å². The van der Waals surface area contributed by atoms with E-state index in [1.54, 1.807) is 0 Å². The highest BCUT2D eigenvalue weighted by Gasteiger charge is 2.27. The van der Waals surface area contributed by atoms with Crippen molar-refractivity contribution in [2.24, 2.45) is 0 Å². The van der Waals surface area contributed by atoms with Crippen molar-refractivity contribution in [2.45, 2.75) is 12.7 Å². The standard InChI is InChI=1S/C9H8ClF3N2O3/c10-8-2-1-7(15(16)17)3-6(8)4-14-18-5-9(11,12)13/h1-3,14H,4-5H2. The van der Waals surface area contributed by atoms with E-state index in [1.165, 1.54) is 12.1 Å². The van der Waals surface area contributed by atoms with Crippen LogP contribution in [0.4, 0.5) is 18.9 Å². The highest BCUT2D eigenvalue weighted by atomic mass is 35.5. The Balaban J connectivity index is 2.56. The summed E-state index contributed by atoms with van der Waals surface area (Å²) in [6.07, 6.45) is -4.44. The van der Waals surface area contributed by atoms with Crippen LogP contribution in [0, 0.1) is 10.1 Å². The zero-order valence-corrected chi connectivity index (χ0v) is 9.59. The van der Waals surface area contributed by atoms with Gasteiger partial charge in [0.25, 0.3) is 5.69 Å². The predicted octanol–water partition coefficient (Wildman–Crippen LogP) is 2.83. The summed E-state index contributed by atoms with van der Waals surface area (Å²) in [5, 5.41) is 10.7. The molecule has 0 heterocycles. The number of halogens is 4. The van der Waals surface area contributed by atoms with Crippen LogP contribution < -0.4 is 5.48 Å². The van der Waals surface area contributed by atoms with Crippen molar-refractivity contribution in [1.29, 1.82) is 0 Å². The Morgan fingerprint density at radius 3 is 2.67 bits per heavy atom. The summed E-state index contributed by atoms with van der Waals surface area (Å²) in [6, 6.07) is 3.65. The molecule has 0 saturated heterocycles. The topological polar surface area (TPSA) is 64.4 Å². The smallest absolute Gasteiger partial charge is 0.292 e. The molecule has 0 saturated carbocycles. The van der Waals surface area contributed by atoms with Gasteiger partial charge >= 0.3 is 6.18 Å². The number of hydrogen-bond donors (Lipinski definition) is 1. The molecule has 1 aromatic rings. The fraction of sp³-hybridized carbons (Fsp3) is 0.333. The first kappa shape index (κ1) is 14.7. The average Bonchev–Trinajstić information content (AvgIpc) is 2.24. The number of nitro benzene ring substituents is 1. The number of nitrogens with zero attached hydrogens (tertiary/aromatic N) is 1. The SMILES string of the molecule is O=[N+]([O-])c1ccc(Cl)c(CNOCC(F)(F)F)c1. The maximum absolute atomic E-state index is 11.8. The molecule has 18 heavy (non-hydrogen) atoms. The molecule has 0 aliphatic carbocycles. The van der Waals surface area contributed by atoms with Gasteiger partial charge in [-0.25, -0.2) is 0 Å². The zero-order chi connectivity index (χ0) is 13.8. The van der Waals surface area contributed by atoms with Crippen molar-refractivity contribution in [3.05, 3.63) is 38.9 Å². The molecule has 0 amide bonds. The molecule has 1 rings (SSSR count). The minimum atomic E-state index is -4.44. The van der Waals surface area contributed by atoms with Crippen LogP contribution in [0.1, 0.15) is 5.56 Å². The van der Waals surface area contributed by atoms with Gasteiger partial charge in [-0.3, -0.25) is 15.0 Å². The second kappa shape index (κ2) is 5.98. The Kier molecular flexibility index (Phi) is 4.88. The van der Waals surface area contributed by atoms with E-state index in [-0.39, 0.29) is 22.8 Å². The maximum atomic E-state index is 11.8. The first-order valence-corrected chi connectivity index (χ1v) is 5.01. The number of non-ortho nitro benzene ring substituents is 1. The third-order valence-electron chi connectivity index (χ3n) is 1.84. The molecule has 9 heteroatoms. The first-order valence-electron chi connectivity index (χ1n) is 4.64. The Morgan fingerprint density at radius 1 is 1.44 bits per heavy atom. The average molecular weight is 285 g/mol. The van der Waals surface area contributed by atoms with Gasteiger partial charge in [0.2, 0.25) is 0 Å². The van der Waals surface area contributed by atoms with E-state index < -0.39 is 17.7 Å². The summed E-state index contributed by atoms with van der Waals surface area (Å²) in [5.74, 6) is 0. The highest BCUT2D eigenvalue weighted by molar-refractivity contribution is 6.31. The molecule has 1 aromatic carbocycles. The summed E-state index contributed by atoms with van der Waals surface area (Å²) in [4.78, 5) is 14.0.